The van der Waals surface area contributed by atoms with Crippen molar-refractivity contribution in [3.8, 4) is 0 Å². The average molecular weight is 130 g/mol. The molecule has 0 amide bonds. The largest absolute Gasteiger partial charge is 0.390 e. The van der Waals surface area contributed by atoms with Crippen LogP contribution >= 0.6 is 0 Å². The van der Waals surface area contributed by atoms with E-state index in [1.165, 1.54) is 0 Å². The van der Waals surface area contributed by atoms with E-state index in [4.69, 9.17) is 0 Å². The standard InChI is InChI=1S/C7H14O2/c1-7(9)5-3-2-4-6(7)8/h6,8-9H,2-5H2,1H3/t6-,7?/m1/s1. The molecule has 1 fully saturated rings. The van der Waals surface area contributed by atoms with Crippen molar-refractivity contribution < 1.29 is 10.2 Å². The Labute approximate surface area is 55.5 Å². The van der Waals surface area contributed by atoms with Crippen molar-refractivity contribution in [1.29, 1.82) is 0 Å². The second-order valence-electron chi connectivity index (χ2n) is 3.12. The van der Waals surface area contributed by atoms with Gasteiger partial charge in [0.05, 0.1) is 11.7 Å². The predicted octanol–water partition coefficient (Wildman–Crippen LogP) is 0.672. The highest BCUT2D eigenvalue weighted by atomic mass is 16.3. The summed E-state index contributed by atoms with van der Waals surface area (Å²) in [6.07, 6.45) is 3.11. The summed E-state index contributed by atoms with van der Waals surface area (Å²) in [6, 6.07) is 0. The molecule has 0 aromatic heterocycles. The van der Waals surface area contributed by atoms with Gasteiger partial charge in [0.2, 0.25) is 0 Å². The van der Waals surface area contributed by atoms with Crippen LogP contribution in [-0.4, -0.2) is 21.9 Å². The fourth-order valence-electron chi connectivity index (χ4n) is 1.30. The molecule has 1 aliphatic carbocycles. The minimum Gasteiger partial charge on any atom is -0.390 e. The summed E-state index contributed by atoms with van der Waals surface area (Å²) in [5.41, 5.74) is -0.807. The Hall–Kier alpha value is -0.0800. The highest BCUT2D eigenvalue weighted by Gasteiger charge is 2.32. The second-order valence-corrected chi connectivity index (χ2v) is 3.12. The van der Waals surface area contributed by atoms with Gasteiger partial charge in [0, 0.05) is 0 Å². The normalized spacial score (nSPS) is 45.0. The number of hydrogen-bond donors (Lipinski definition) is 2. The van der Waals surface area contributed by atoms with Crippen LogP contribution in [-0.2, 0) is 0 Å². The van der Waals surface area contributed by atoms with Crippen LogP contribution in [0.3, 0.4) is 0 Å². The van der Waals surface area contributed by atoms with Gasteiger partial charge in [-0.05, 0) is 19.8 Å². The van der Waals surface area contributed by atoms with Crippen LogP contribution in [0.15, 0.2) is 0 Å². The number of aliphatic hydroxyl groups excluding tert-OH is 1. The summed E-state index contributed by atoms with van der Waals surface area (Å²) < 4.78 is 0. The highest BCUT2D eigenvalue weighted by molar-refractivity contribution is 4.85. The number of rotatable bonds is 0. The van der Waals surface area contributed by atoms with Crippen molar-refractivity contribution in [1.82, 2.24) is 0 Å². The third-order valence-electron chi connectivity index (χ3n) is 2.13. The van der Waals surface area contributed by atoms with Crippen molar-refractivity contribution in [2.24, 2.45) is 0 Å². The van der Waals surface area contributed by atoms with Crippen LogP contribution in [0.25, 0.3) is 0 Å². The Morgan fingerprint density at radius 2 is 2.11 bits per heavy atom. The molecule has 0 heterocycles. The molecule has 0 bridgehead atoms. The summed E-state index contributed by atoms with van der Waals surface area (Å²) in [5, 5.41) is 18.6. The van der Waals surface area contributed by atoms with Gasteiger partial charge in [-0.25, -0.2) is 0 Å². The lowest BCUT2D eigenvalue weighted by molar-refractivity contribution is -0.0863. The van der Waals surface area contributed by atoms with Gasteiger partial charge in [0.25, 0.3) is 0 Å². The molecule has 9 heavy (non-hydrogen) atoms. The van der Waals surface area contributed by atoms with E-state index in [1.807, 2.05) is 0 Å². The van der Waals surface area contributed by atoms with Crippen LogP contribution in [0.1, 0.15) is 32.6 Å². The Balaban J connectivity index is 2.49. The molecule has 2 nitrogen and oxygen atoms in total. The monoisotopic (exact) mass is 130 g/mol. The maximum atomic E-state index is 9.39. The predicted molar refractivity (Wildman–Crippen MR) is 35.1 cm³/mol. The van der Waals surface area contributed by atoms with Crippen molar-refractivity contribution in [3.05, 3.63) is 0 Å². The molecular weight excluding hydrogens is 116 g/mol. The van der Waals surface area contributed by atoms with Crippen molar-refractivity contribution in [2.45, 2.75) is 44.3 Å². The Morgan fingerprint density at radius 1 is 1.44 bits per heavy atom. The Morgan fingerprint density at radius 3 is 2.44 bits per heavy atom. The van der Waals surface area contributed by atoms with E-state index < -0.39 is 11.7 Å². The molecule has 0 aliphatic heterocycles. The molecule has 2 N–H and O–H groups in total. The first-order chi connectivity index (χ1) is 4.13. The Kier molecular flexibility index (Phi) is 1.78. The minimum atomic E-state index is -0.807. The van der Waals surface area contributed by atoms with Crippen LogP contribution in [0, 0.1) is 0 Å². The minimum absolute atomic E-state index is 0.494. The van der Waals surface area contributed by atoms with Crippen molar-refractivity contribution in [3.63, 3.8) is 0 Å². The first-order valence-corrected chi connectivity index (χ1v) is 3.53. The molecule has 1 aliphatic rings. The zero-order valence-electron chi connectivity index (χ0n) is 5.80. The fourth-order valence-corrected chi connectivity index (χ4v) is 1.30. The van der Waals surface area contributed by atoms with Gasteiger partial charge < -0.3 is 10.2 Å². The van der Waals surface area contributed by atoms with Gasteiger partial charge in [0.1, 0.15) is 0 Å². The van der Waals surface area contributed by atoms with Gasteiger partial charge in [-0.1, -0.05) is 12.8 Å². The van der Waals surface area contributed by atoms with Gasteiger partial charge >= 0.3 is 0 Å². The zero-order chi connectivity index (χ0) is 6.91. The third kappa shape index (κ3) is 1.43. The Bertz CT molecular complexity index is 99.1. The van der Waals surface area contributed by atoms with Gasteiger partial charge in [-0.15, -0.1) is 0 Å². The van der Waals surface area contributed by atoms with Crippen LogP contribution in [0.2, 0.25) is 0 Å². The third-order valence-corrected chi connectivity index (χ3v) is 2.13. The summed E-state index contributed by atoms with van der Waals surface area (Å²) in [7, 11) is 0. The van der Waals surface area contributed by atoms with Crippen molar-refractivity contribution >= 4 is 0 Å². The lowest BCUT2D eigenvalue weighted by Crippen LogP contribution is -2.41. The lowest BCUT2D eigenvalue weighted by Gasteiger charge is -2.33. The number of aliphatic hydroxyl groups is 2. The van der Waals surface area contributed by atoms with E-state index in [0.717, 1.165) is 25.7 Å². The first-order valence-electron chi connectivity index (χ1n) is 3.53. The van der Waals surface area contributed by atoms with Crippen LogP contribution < -0.4 is 0 Å². The maximum Gasteiger partial charge on any atom is 0.0877 e. The van der Waals surface area contributed by atoms with E-state index in [0.29, 0.717) is 0 Å². The lowest BCUT2D eigenvalue weighted by atomic mass is 9.84. The molecule has 0 aromatic rings. The smallest absolute Gasteiger partial charge is 0.0877 e. The summed E-state index contributed by atoms with van der Waals surface area (Å²) in [5.74, 6) is 0. The average Bonchev–Trinajstić information content (AvgIpc) is 1.77. The SMILES string of the molecule is CC1(O)CCCC[C@H]1O. The molecule has 2 atom stereocenters. The summed E-state index contributed by atoms with van der Waals surface area (Å²) in [4.78, 5) is 0. The van der Waals surface area contributed by atoms with Crippen LogP contribution in [0.5, 0.6) is 0 Å². The van der Waals surface area contributed by atoms with E-state index >= 15 is 0 Å². The first kappa shape index (κ1) is 7.03. The molecule has 0 saturated heterocycles. The number of hydrogen-bond acceptors (Lipinski definition) is 2. The highest BCUT2D eigenvalue weighted by Crippen LogP contribution is 2.27. The summed E-state index contributed by atoms with van der Waals surface area (Å²) in [6.45, 7) is 1.71. The quantitative estimate of drug-likeness (QED) is 0.506. The van der Waals surface area contributed by atoms with Gasteiger partial charge in [-0.3, -0.25) is 0 Å². The van der Waals surface area contributed by atoms with Crippen molar-refractivity contribution in [2.75, 3.05) is 0 Å². The maximum absolute atomic E-state index is 9.39. The van der Waals surface area contributed by atoms with Gasteiger partial charge in [-0.2, -0.15) is 0 Å². The molecule has 2 heteroatoms. The molecule has 0 aromatic carbocycles. The topological polar surface area (TPSA) is 40.5 Å². The molecule has 1 rings (SSSR count). The van der Waals surface area contributed by atoms with Gasteiger partial charge in [0.15, 0.2) is 0 Å². The molecule has 1 unspecified atom stereocenters. The van der Waals surface area contributed by atoms with E-state index in [-0.39, 0.29) is 0 Å². The molecule has 0 spiro atoms. The second kappa shape index (κ2) is 2.27. The van der Waals surface area contributed by atoms with Crippen LogP contribution in [0.4, 0.5) is 0 Å². The molecule has 1 saturated carbocycles. The summed E-state index contributed by atoms with van der Waals surface area (Å²) >= 11 is 0. The van der Waals surface area contributed by atoms with E-state index in [9.17, 15) is 10.2 Å². The zero-order valence-corrected chi connectivity index (χ0v) is 5.80. The molecule has 0 radical (unpaired) electrons. The van der Waals surface area contributed by atoms with E-state index in [2.05, 4.69) is 0 Å². The molecular formula is C7H14O2. The fraction of sp³-hybridized carbons (Fsp3) is 1.00. The molecule has 54 valence electrons. The van der Waals surface area contributed by atoms with E-state index in [1.54, 1.807) is 6.92 Å².